The van der Waals surface area contributed by atoms with Crippen LogP contribution in [0.5, 0.6) is 5.75 Å². The fourth-order valence-electron chi connectivity index (χ4n) is 3.39. The van der Waals surface area contributed by atoms with Crippen molar-refractivity contribution in [1.82, 2.24) is 15.1 Å². The van der Waals surface area contributed by atoms with Crippen LogP contribution in [0.15, 0.2) is 24.3 Å². The van der Waals surface area contributed by atoms with E-state index < -0.39 is 0 Å². The Labute approximate surface area is 148 Å². The molecule has 2 amide bonds. The standard InChI is InChI=1S/C18H26N4O3/c23-16-6-2-1-5-15(16)21-11-9-20(10-12-21)14-17(24)19-13-18(25)22-7-3-4-8-22/h1-2,5-6,23H,3-4,7-14H2,(H,19,24). The van der Waals surface area contributed by atoms with Crippen LogP contribution in [0.4, 0.5) is 5.69 Å². The molecule has 0 saturated carbocycles. The van der Waals surface area contributed by atoms with Gasteiger partial charge in [0.1, 0.15) is 5.75 Å². The summed E-state index contributed by atoms with van der Waals surface area (Å²) in [7, 11) is 0. The van der Waals surface area contributed by atoms with Crippen molar-refractivity contribution in [2.24, 2.45) is 0 Å². The predicted octanol–water partition coefficient (Wildman–Crippen LogP) is 0.253. The molecule has 0 bridgehead atoms. The van der Waals surface area contributed by atoms with Crippen molar-refractivity contribution in [2.45, 2.75) is 12.8 Å². The lowest BCUT2D eigenvalue weighted by Gasteiger charge is -2.35. The number of carbonyl (C=O) groups is 2. The molecule has 2 saturated heterocycles. The third-order valence-corrected chi connectivity index (χ3v) is 4.86. The average Bonchev–Trinajstić information content (AvgIpc) is 3.16. The molecule has 1 aromatic rings. The first-order chi connectivity index (χ1) is 12.1. The number of likely N-dealkylation sites (tertiary alicyclic amines) is 1. The number of hydrogen-bond donors (Lipinski definition) is 2. The van der Waals surface area contributed by atoms with E-state index in [1.807, 2.05) is 23.1 Å². The van der Waals surface area contributed by atoms with Crippen molar-refractivity contribution in [1.29, 1.82) is 0 Å². The Hall–Kier alpha value is -2.28. The Morgan fingerprint density at radius 1 is 1.00 bits per heavy atom. The van der Waals surface area contributed by atoms with E-state index in [1.54, 1.807) is 6.07 Å². The number of benzene rings is 1. The van der Waals surface area contributed by atoms with E-state index in [4.69, 9.17) is 0 Å². The molecule has 3 rings (SSSR count). The molecule has 2 fully saturated rings. The topological polar surface area (TPSA) is 76.1 Å². The Kier molecular flexibility index (Phi) is 5.75. The molecule has 0 radical (unpaired) electrons. The minimum Gasteiger partial charge on any atom is -0.506 e. The summed E-state index contributed by atoms with van der Waals surface area (Å²) in [6, 6.07) is 7.31. The lowest BCUT2D eigenvalue weighted by molar-refractivity contribution is -0.132. The van der Waals surface area contributed by atoms with Gasteiger partial charge in [-0.05, 0) is 25.0 Å². The maximum atomic E-state index is 12.1. The highest BCUT2D eigenvalue weighted by Gasteiger charge is 2.22. The molecule has 25 heavy (non-hydrogen) atoms. The van der Waals surface area contributed by atoms with Gasteiger partial charge in [0.2, 0.25) is 11.8 Å². The van der Waals surface area contributed by atoms with Crippen LogP contribution >= 0.6 is 0 Å². The van der Waals surface area contributed by atoms with E-state index >= 15 is 0 Å². The van der Waals surface area contributed by atoms with Gasteiger partial charge in [0, 0.05) is 39.3 Å². The van der Waals surface area contributed by atoms with E-state index in [0.717, 1.165) is 57.8 Å². The fraction of sp³-hybridized carbons (Fsp3) is 0.556. The van der Waals surface area contributed by atoms with Crippen LogP contribution in [0.2, 0.25) is 0 Å². The third kappa shape index (κ3) is 4.63. The second-order valence-corrected chi connectivity index (χ2v) is 6.62. The summed E-state index contributed by atoms with van der Waals surface area (Å²) < 4.78 is 0. The van der Waals surface area contributed by atoms with E-state index in [9.17, 15) is 14.7 Å². The van der Waals surface area contributed by atoms with Crippen molar-refractivity contribution < 1.29 is 14.7 Å². The Balaban J connectivity index is 1.39. The zero-order valence-corrected chi connectivity index (χ0v) is 14.5. The number of aromatic hydroxyl groups is 1. The minimum atomic E-state index is -0.108. The summed E-state index contributed by atoms with van der Waals surface area (Å²) in [4.78, 5) is 30.0. The van der Waals surface area contributed by atoms with Crippen LogP contribution in [0.25, 0.3) is 0 Å². The molecule has 0 unspecified atom stereocenters. The SMILES string of the molecule is O=C(CN1CCN(c2ccccc2O)CC1)NCC(=O)N1CCCC1. The van der Waals surface area contributed by atoms with Gasteiger partial charge in [-0.3, -0.25) is 14.5 Å². The van der Waals surface area contributed by atoms with Gasteiger partial charge in [0.25, 0.3) is 0 Å². The molecule has 2 aliphatic rings. The summed E-state index contributed by atoms with van der Waals surface area (Å²) >= 11 is 0. The Morgan fingerprint density at radius 3 is 2.36 bits per heavy atom. The molecule has 7 nitrogen and oxygen atoms in total. The fourth-order valence-corrected chi connectivity index (χ4v) is 3.39. The highest BCUT2D eigenvalue weighted by molar-refractivity contribution is 5.85. The van der Waals surface area contributed by atoms with Gasteiger partial charge in [0.05, 0.1) is 18.8 Å². The van der Waals surface area contributed by atoms with Crippen LogP contribution in [-0.4, -0.2) is 79.1 Å². The number of anilines is 1. The van der Waals surface area contributed by atoms with Crippen molar-refractivity contribution in [2.75, 3.05) is 57.3 Å². The molecule has 1 aromatic carbocycles. The minimum absolute atomic E-state index is 0.00946. The largest absolute Gasteiger partial charge is 0.506 e. The number of rotatable bonds is 5. The number of phenolic OH excluding ortho intramolecular Hbond substituents is 1. The zero-order chi connectivity index (χ0) is 17.6. The van der Waals surface area contributed by atoms with Crippen molar-refractivity contribution >= 4 is 17.5 Å². The molecular formula is C18H26N4O3. The number of piperazine rings is 1. The first kappa shape index (κ1) is 17.5. The summed E-state index contributed by atoms with van der Waals surface area (Å²) in [5.74, 6) is 0.188. The van der Waals surface area contributed by atoms with Crippen LogP contribution in [0.1, 0.15) is 12.8 Å². The molecule has 0 aliphatic carbocycles. The number of amides is 2. The first-order valence-electron chi connectivity index (χ1n) is 8.93. The number of nitrogens with zero attached hydrogens (tertiary/aromatic N) is 3. The average molecular weight is 346 g/mol. The van der Waals surface area contributed by atoms with Gasteiger partial charge in [-0.15, -0.1) is 0 Å². The van der Waals surface area contributed by atoms with Gasteiger partial charge in [-0.25, -0.2) is 0 Å². The molecular weight excluding hydrogens is 320 g/mol. The maximum absolute atomic E-state index is 12.1. The summed E-state index contributed by atoms with van der Waals surface area (Å²) in [6.45, 7) is 5.04. The van der Waals surface area contributed by atoms with E-state index in [0.29, 0.717) is 6.54 Å². The Bertz CT molecular complexity index is 608. The van der Waals surface area contributed by atoms with Gasteiger partial charge in [-0.2, -0.15) is 0 Å². The molecule has 2 N–H and O–H groups in total. The van der Waals surface area contributed by atoms with E-state index in [-0.39, 0.29) is 24.1 Å². The molecule has 0 atom stereocenters. The van der Waals surface area contributed by atoms with Crippen LogP contribution < -0.4 is 10.2 Å². The van der Waals surface area contributed by atoms with Gasteiger partial charge in [0.15, 0.2) is 0 Å². The second-order valence-electron chi connectivity index (χ2n) is 6.62. The van der Waals surface area contributed by atoms with Crippen molar-refractivity contribution in [3.8, 4) is 5.75 Å². The monoisotopic (exact) mass is 346 g/mol. The third-order valence-electron chi connectivity index (χ3n) is 4.86. The maximum Gasteiger partial charge on any atom is 0.241 e. The van der Waals surface area contributed by atoms with E-state index in [1.165, 1.54) is 0 Å². The van der Waals surface area contributed by atoms with Crippen LogP contribution in [0, 0.1) is 0 Å². The summed E-state index contributed by atoms with van der Waals surface area (Å²) in [5.41, 5.74) is 0.836. The molecule has 136 valence electrons. The number of phenols is 1. The number of hydrogen-bond acceptors (Lipinski definition) is 5. The number of para-hydroxylation sites is 2. The normalized spacial score (nSPS) is 18.4. The lowest BCUT2D eigenvalue weighted by atomic mass is 10.2. The van der Waals surface area contributed by atoms with Crippen LogP contribution in [0.3, 0.4) is 0 Å². The number of nitrogens with one attached hydrogen (secondary N) is 1. The molecule has 0 aromatic heterocycles. The molecule has 2 aliphatic heterocycles. The van der Waals surface area contributed by atoms with Crippen LogP contribution in [-0.2, 0) is 9.59 Å². The predicted molar refractivity (Wildman–Crippen MR) is 95.6 cm³/mol. The van der Waals surface area contributed by atoms with Gasteiger partial charge in [-0.1, -0.05) is 12.1 Å². The lowest BCUT2D eigenvalue weighted by Crippen LogP contribution is -2.50. The smallest absolute Gasteiger partial charge is 0.241 e. The Morgan fingerprint density at radius 2 is 1.68 bits per heavy atom. The van der Waals surface area contributed by atoms with Crippen molar-refractivity contribution in [3.05, 3.63) is 24.3 Å². The quantitative estimate of drug-likeness (QED) is 0.800. The molecule has 2 heterocycles. The first-order valence-corrected chi connectivity index (χ1v) is 8.93. The van der Waals surface area contributed by atoms with Crippen molar-refractivity contribution in [3.63, 3.8) is 0 Å². The molecule has 0 spiro atoms. The molecule has 7 heteroatoms. The summed E-state index contributed by atoms with van der Waals surface area (Å²) in [6.07, 6.45) is 2.11. The van der Waals surface area contributed by atoms with Gasteiger partial charge < -0.3 is 20.2 Å². The van der Waals surface area contributed by atoms with Gasteiger partial charge >= 0.3 is 0 Å². The highest BCUT2D eigenvalue weighted by atomic mass is 16.3. The highest BCUT2D eigenvalue weighted by Crippen LogP contribution is 2.27. The number of carbonyl (C=O) groups excluding carboxylic acids is 2. The zero-order valence-electron chi connectivity index (χ0n) is 14.5. The van der Waals surface area contributed by atoms with E-state index in [2.05, 4.69) is 15.1 Å². The summed E-state index contributed by atoms with van der Waals surface area (Å²) in [5, 5.41) is 12.7. The second kappa shape index (κ2) is 8.20.